The number of hydrogen-bond acceptors (Lipinski definition) is 2. The first kappa shape index (κ1) is 9.27. The molecule has 1 aromatic heterocycles. The van der Waals surface area contributed by atoms with Crippen molar-refractivity contribution < 1.29 is 0 Å². The first-order chi connectivity index (χ1) is 6.66. The number of nitrogens with two attached hydrogens (primary N) is 1. The minimum Gasteiger partial charge on any atom is -0.369 e. The Morgan fingerprint density at radius 2 is 2.21 bits per heavy atom. The fraction of sp³-hybridized carbons (Fsp3) is 0.100. The van der Waals surface area contributed by atoms with Crippen LogP contribution in [0.3, 0.4) is 0 Å². The van der Waals surface area contributed by atoms with Crippen LogP contribution in [0.15, 0.2) is 28.9 Å². The van der Waals surface area contributed by atoms with E-state index in [9.17, 15) is 0 Å². The standard InChI is InChI=1S/C10H10BrN3/c1-6-4-7(11)2-3-8(6)9-5-13-10(12)14-9/h2-5H,1H3,(H3,12,13,14). The second-order valence-corrected chi connectivity index (χ2v) is 4.06. The van der Waals surface area contributed by atoms with Gasteiger partial charge in [-0.1, -0.05) is 22.0 Å². The third-order valence-electron chi connectivity index (χ3n) is 2.07. The Hall–Kier alpha value is -1.29. The fourth-order valence-corrected chi connectivity index (χ4v) is 1.88. The van der Waals surface area contributed by atoms with Gasteiger partial charge in [-0.25, -0.2) is 4.98 Å². The SMILES string of the molecule is Cc1cc(Br)ccc1-c1cnc(N)[nH]1. The van der Waals surface area contributed by atoms with E-state index in [0.29, 0.717) is 5.95 Å². The summed E-state index contributed by atoms with van der Waals surface area (Å²) in [6.07, 6.45) is 1.74. The molecular weight excluding hydrogens is 242 g/mol. The lowest BCUT2D eigenvalue weighted by molar-refractivity contribution is 1.32. The van der Waals surface area contributed by atoms with E-state index in [1.54, 1.807) is 6.20 Å². The molecular formula is C10H10BrN3. The molecule has 72 valence electrons. The molecule has 0 spiro atoms. The molecule has 0 saturated heterocycles. The van der Waals surface area contributed by atoms with Gasteiger partial charge >= 0.3 is 0 Å². The molecule has 0 fully saturated rings. The number of nitrogens with zero attached hydrogens (tertiary/aromatic N) is 1. The van der Waals surface area contributed by atoms with Gasteiger partial charge in [-0.15, -0.1) is 0 Å². The van der Waals surface area contributed by atoms with Gasteiger partial charge in [0.25, 0.3) is 0 Å². The van der Waals surface area contributed by atoms with Gasteiger partial charge in [-0.3, -0.25) is 0 Å². The van der Waals surface area contributed by atoms with Gasteiger partial charge in [0.2, 0.25) is 0 Å². The fourth-order valence-electron chi connectivity index (χ4n) is 1.40. The number of nitrogen functional groups attached to an aromatic ring is 1. The molecule has 0 bridgehead atoms. The van der Waals surface area contributed by atoms with E-state index >= 15 is 0 Å². The highest BCUT2D eigenvalue weighted by Crippen LogP contribution is 2.24. The predicted molar refractivity (Wildman–Crippen MR) is 60.9 cm³/mol. The number of hydrogen-bond donors (Lipinski definition) is 2. The molecule has 2 rings (SSSR count). The quantitative estimate of drug-likeness (QED) is 0.819. The second kappa shape index (κ2) is 3.46. The van der Waals surface area contributed by atoms with Crippen LogP contribution in [0.25, 0.3) is 11.3 Å². The molecule has 3 N–H and O–H groups in total. The number of nitrogens with one attached hydrogen (secondary N) is 1. The van der Waals surface area contributed by atoms with Crippen LogP contribution in [0.2, 0.25) is 0 Å². The van der Waals surface area contributed by atoms with E-state index in [0.717, 1.165) is 15.7 Å². The molecule has 0 amide bonds. The third kappa shape index (κ3) is 1.65. The Morgan fingerprint density at radius 1 is 1.43 bits per heavy atom. The molecule has 0 aliphatic rings. The minimum atomic E-state index is 0.447. The molecule has 0 unspecified atom stereocenters. The molecule has 0 aliphatic carbocycles. The molecule has 0 atom stereocenters. The number of anilines is 1. The summed E-state index contributed by atoms with van der Waals surface area (Å²) in [5.41, 5.74) is 8.78. The molecule has 2 aromatic rings. The van der Waals surface area contributed by atoms with Gasteiger partial charge in [-0.2, -0.15) is 0 Å². The molecule has 1 aromatic carbocycles. The summed E-state index contributed by atoms with van der Waals surface area (Å²) in [5.74, 6) is 0.447. The van der Waals surface area contributed by atoms with Crippen molar-refractivity contribution in [3.63, 3.8) is 0 Å². The van der Waals surface area contributed by atoms with Crippen LogP contribution in [0.1, 0.15) is 5.56 Å². The zero-order valence-electron chi connectivity index (χ0n) is 7.71. The van der Waals surface area contributed by atoms with Crippen molar-refractivity contribution in [2.75, 3.05) is 5.73 Å². The van der Waals surface area contributed by atoms with Crippen molar-refractivity contribution in [3.05, 3.63) is 34.4 Å². The zero-order valence-corrected chi connectivity index (χ0v) is 9.30. The third-order valence-corrected chi connectivity index (χ3v) is 2.57. The van der Waals surface area contributed by atoms with Gasteiger partial charge in [0.05, 0.1) is 11.9 Å². The highest BCUT2D eigenvalue weighted by atomic mass is 79.9. The number of rotatable bonds is 1. The molecule has 0 saturated carbocycles. The smallest absolute Gasteiger partial charge is 0.197 e. The van der Waals surface area contributed by atoms with Crippen molar-refractivity contribution in [2.24, 2.45) is 0 Å². The van der Waals surface area contributed by atoms with Crippen LogP contribution in [-0.2, 0) is 0 Å². The Kier molecular flexibility index (Phi) is 2.29. The summed E-state index contributed by atoms with van der Waals surface area (Å²) < 4.78 is 1.08. The van der Waals surface area contributed by atoms with E-state index in [-0.39, 0.29) is 0 Å². The molecule has 3 nitrogen and oxygen atoms in total. The van der Waals surface area contributed by atoms with Gasteiger partial charge in [0, 0.05) is 10.0 Å². The predicted octanol–water partition coefficient (Wildman–Crippen LogP) is 2.73. The number of imidazole rings is 1. The lowest BCUT2D eigenvalue weighted by Crippen LogP contribution is -1.87. The molecule has 4 heteroatoms. The van der Waals surface area contributed by atoms with Crippen molar-refractivity contribution in [2.45, 2.75) is 6.92 Å². The summed E-state index contributed by atoms with van der Waals surface area (Å²) >= 11 is 3.42. The summed E-state index contributed by atoms with van der Waals surface area (Å²) in [6.45, 7) is 2.05. The van der Waals surface area contributed by atoms with E-state index in [1.165, 1.54) is 5.56 Å². The molecule has 0 radical (unpaired) electrons. The number of benzene rings is 1. The number of H-pyrrole nitrogens is 1. The van der Waals surface area contributed by atoms with Crippen LogP contribution in [0.5, 0.6) is 0 Å². The molecule has 14 heavy (non-hydrogen) atoms. The first-order valence-electron chi connectivity index (χ1n) is 4.24. The lowest BCUT2D eigenvalue weighted by atomic mass is 10.1. The Morgan fingerprint density at radius 3 is 2.79 bits per heavy atom. The van der Waals surface area contributed by atoms with Gasteiger partial charge in [-0.05, 0) is 24.6 Å². The highest BCUT2D eigenvalue weighted by molar-refractivity contribution is 9.10. The maximum Gasteiger partial charge on any atom is 0.197 e. The van der Waals surface area contributed by atoms with Crippen LogP contribution in [0, 0.1) is 6.92 Å². The normalized spacial score (nSPS) is 10.4. The number of aromatic nitrogens is 2. The van der Waals surface area contributed by atoms with E-state index in [4.69, 9.17) is 5.73 Å². The monoisotopic (exact) mass is 251 g/mol. The summed E-state index contributed by atoms with van der Waals surface area (Å²) in [5, 5.41) is 0. The van der Waals surface area contributed by atoms with Crippen LogP contribution < -0.4 is 5.73 Å². The average Bonchev–Trinajstić information content (AvgIpc) is 2.51. The van der Waals surface area contributed by atoms with Crippen molar-refractivity contribution in [1.29, 1.82) is 0 Å². The summed E-state index contributed by atoms with van der Waals surface area (Å²) in [4.78, 5) is 6.97. The van der Waals surface area contributed by atoms with Crippen LogP contribution in [0.4, 0.5) is 5.95 Å². The average molecular weight is 252 g/mol. The van der Waals surface area contributed by atoms with E-state index in [1.807, 2.05) is 12.1 Å². The topological polar surface area (TPSA) is 54.7 Å². The highest BCUT2D eigenvalue weighted by Gasteiger charge is 2.04. The number of aromatic amines is 1. The van der Waals surface area contributed by atoms with Crippen molar-refractivity contribution in [3.8, 4) is 11.3 Å². The van der Waals surface area contributed by atoms with Gasteiger partial charge in [0.15, 0.2) is 5.95 Å². The van der Waals surface area contributed by atoms with Crippen molar-refractivity contribution >= 4 is 21.9 Å². The summed E-state index contributed by atoms with van der Waals surface area (Å²) in [6, 6.07) is 6.10. The lowest BCUT2D eigenvalue weighted by Gasteiger charge is -2.02. The van der Waals surface area contributed by atoms with E-state index in [2.05, 4.69) is 38.9 Å². The zero-order chi connectivity index (χ0) is 10.1. The molecule has 0 aliphatic heterocycles. The molecule has 1 heterocycles. The van der Waals surface area contributed by atoms with E-state index < -0.39 is 0 Å². The summed E-state index contributed by atoms with van der Waals surface area (Å²) in [7, 11) is 0. The Balaban J connectivity index is 2.52. The minimum absolute atomic E-state index is 0.447. The van der Waals surface area contributed by atoms with Gasteiger partial charge in [0.1, 0.15) is 0 Å². The van der Waals surface area contributed by atoms with Crippen LogP contribution in [-0.4, -0.2) is 9.97 Å². The van der Waals surface area contributed by atoms with Gasteiger partial charge < -0.3 is 10.7 Å². The first-order valence-corrected chi connectivity index (χ1v) is 5.03. The van der Waals surface area contributed by atoms with Crippen LogP contribution >= 0.6 is 15.9 Å². The Labute approximate surface area is 90.5 Å². The number of aryl methyl sites for hydroxylation is 1. The largest absolute Gasteiger partial charge is 0.369 e. The second-order valence-electron chi connectivity index (χ2n) is 3.14. The Bertz CT molecular complexity index is 462. The maximum absolute atomic E-state index is 5.52. The number of halogens is 1. The maximum atomic E-state index is 5.52. The van der Waals surface area contributed by atoms with Crippen molar-refractivity contribution in [1.82, 2.24) is 9.97 Å².